The second kappa shape index (κ2) is 11.3. The van der Waals surface area contributed by atoms with E-state index < -0.39 is 0 Å². The van der Waals surface area contributed by atoms with Crippen molar-refractivity contribution >= 4 is 11.7 Å². The number of ether oxygens (including phenoxy) is 1. The van der Waals surface area contributed by atoms with Crippen LogP contribution in [0.3, 0.4) is 0 Å². The van der Waals surface area contributed by atoms with Gasteiger partial charge >= 0.3 is 0 Å². The summed E-state index contributed by atoms with van der Waals surface area (Å²) in [6.07, 6.45) is 15.9. The minimum atomic E-state index is -0.119. The van der Waals surface area contributed by atoms with E-state index in [4.69, 9.17) is 15.7 Å². The van der Waals surface area contributed by atoms with Gasteiger partial charge in [-0.1, -0.05) is 43.7 Å². The fourth-order valence-electron chi connectivity index (χ4n) is 6.26. The fourth-order valence-corrected chi connectivity index (χ4v) is 6.26. The first-order valence-electron chi connectivity index (χ1n) is 13.0. The monoisotopic (exact) mass is 459 g/mol. The molecule has 3 atom stereocenters. The number of hydrogen-bond acceptors (Lipinski definition) is 5. The second-order valence-corrected chi connectivity index (χ2v) is 10.6. The zero-order valence-electron chi connectivity index (χ0n) is 20.0. The van der Waals surface area contributed by atoms with Crippen LogP contribution in [0.5, 0.6) is 5.88 Å². The molecule has 4 rings (SSSR count). The average Bonchev–Trinajstić information content (AvgIpc) is 3.24. The van der Waals surface area contributed by atoms with Crippen LogP contribution in [0.15, 0.2) is 11.4 Å². The zero-order chi connectivity index (χ0) is 23.2. The van der Waals surface area contributed by atoms with E-state index in [-0.39, 0.29) is 17.8 Å². The summed E-state index contributed by atoms with van der Waals surface area (Å²) in [6, 6.07) is 0.132. The number of amidine groups is 1. The van der Waals surface area contributed by atoms with Crippen molar-refractivity contribution in [3.63, 3.8) is 0 Å². The highest BCUT2D eigenvalue weighted by molar-refractivity contribution is 5.96. The first-order valence-corrected chi connectivity index (χ1v) is 13.0. The van der Waals surface area contributed by atoms with Gasteiger partial charge in [-0.2, -0.15) is 5.10 Å². The van der Waals surface area contributed by atoms with Gasteiger partial charge in [0.2, 0.25) is 5.88 Å². The van der Waals surface area contributed by atoms with Gasteiger partial charge in [0.25, 0.3) is 5.91 Å². The lowest BCUT2D eigenvalue weighted by molar-refractivity contribution is 0.0848. The summed E-state index contributed by atoms with van der Waals surface area (Å²) >= 11 is 0. The number of carbonyl (C=O) groups is 1. The molecule has 33 heavy (non-hydrogen) atoms. The third-order valence-electron chi connectivity index (χ3n) is 8.15. The molecular formula is C25H41N5O3. The molecule has 4 N–H and O–H groups in total. The minimum Gasteiger partial charge on any atom is -0.477 e. The predicted molar refractivity (Wildman–Crippen MR) is 127 cm³/mol. The van der Waals surface area contributed by atoms with Crippen molar-refractivity contribution in [2.75, 3.05) is 6.61 Å². The molecule has 1 heterocycles. The topological polar surface area (TPSA) is 115 Å². The maximum Gasteiger partial charge on any atom is 0.258 e. The van der Waals surface area contributed by atoms with Crippen molar-refractivity contribution in [2.45, 2.75) is 96.6 Å². The van der Waals surface area contributed by atoms with Crippen molar-refractivity contribution in [1.29, 1.82) is 0 Å². The van der Waals surface area contributed by atoms with Crippen LogP contribution in [0.4, 0.5) is 0 Å². The molecule has 1 amide bonds. The minimum absolute atomic E-state index is 0.119. The van der Waals surface area contributed by atoms with E-state index in [2.05, 4.69) is 22.5 Å². The van der Waals surface area contributed by atoms with Crippen LogP contribution in [0.25, 0.3) is 0 Å². The van der Waals surface area contributed by atoms with E-state index in [1.165, 1.54) is 70.6 Å². The maximum atomic E-state index is 13.3. The first kappa shape index (κ1) is 23.9. The molecule has 3 fully saturated rings. The lowest BCUT2D eigenvalue weighted by Crippen LogP contribution is -2.42. The Kier molecular flexibility index (Phi) is 8.15. The summed E-state index contributed by atoms with van der Waals surface area (Å²) in [6.45, 7) is 3.14. The predicted octanol–water partition coefficient (Wildman–Crippen LogP) is 4.31. The number of hydrogen-bond donors (Lipinski definition) is 3. The van der Waals surface area contributed by atoms with Crippen molar-refractivity contribution in [3.8, 4) is 5.88 Å². The molecule has 3 saturated carbocycles. The Morgan fingerprint density at radius 3 is 2.64 bits per heavy atom. The van der Waals surface area contributed by atoms with Crippen LogP contribution < -0.4 is 15.8 Å². The highest BCUT2D eigenvalue weighted by atomic mass is 16.5. The number of aromatic nitrogens is 2. The van der Waals surface area contributed by atoms with Gasteiger partial charge in [-0.25, -0.2) is 4.68 Å². The molecular weight excluding hydrogens is 418 g/mol. The zero-order valence-corrected chi connectivity index (χ0v) is 20.0. The van der Waals surface area contributed by atoms with E-state index >= 15 is 0 Å². The van der Waals surface area contributed by atoms with Crippen LogP contribution in [0, 0.1) is 23.7 Å². The van der Waals surface area contributed by atoms with Gasteiger partial charge in [0, 0.05) is 12.5 Å². The van der Waals surface area contributed by atoms with Crippen LogP contribution in [-0.2, 0) is 6.54 Å². The number of aryl methyl sites for hydroxylation is 1. The third-order valence-corrected chi connectivity index (χ3v) is 8.15. The van der Waals surface area contributed by atoms with E-state index in [0.29, 0.717) is 42.9 Å². The summed E-state index contributed by atoms with van der Waals surface area (Å²) in [7, 11) is 0. The Labute approximate surface area is 197 Å². The molecule has 8 nitrogen and oxygen atoms in total. The quantitative estimate of drug-likeness (QED) is 0.220. The number of fused-ring (bicyclic) bond motifs is 2. The Hall–Kier alpha value is -2.25. The molecule has 184 valence electrons. The smallest absolute Gasteiger partial charge is 0.258 e. The SMILES string of the molecule is CC(NC(=O)c1cnn(CC/C(N)=N/O)c1OCC1CCCCC1)C1CC2CCCC(C2)C1. The molecule has 2 bridgehead atoms. The Morgan fingerprint density at radius 1 is 1.21 bits per heavy atom. The van der Waals surface area contributed by atoms with Crippen molar-refractivity contribution in [2.24, 2.45) is 34.6 Å². The molecule has 0 aromatic carbocycles. The largest absolute Gasteiger partial charge is 0.477 e. The van der Waals surface area contributed by atoms with E-state index in [0.717, 1.165) is 11.8 Å². The third kappa shape index (κ3) is 6.21. The highest BCUT2D eigenvalue weighted by Gasteiger charge is 2.35. The van der Waals surface area contributed by atoms with Crippen LogP contribution in [0.2, 0.25) is 0 Å². The molecule has 0 spiro atoms. The van der Waals surface area contributed by atoms with Crippen molar-refractivity contribution in [1.82, 2.24) is 15.1 Å². The maximum absolute atomic E-state index is 13.3. The van der Waals surface area contributed by atoms with E-state index in [9.17, 15) is 4.79 Å². The van der Waals surface area contributed by atoms with Crippen LogP contribution in [0.1, 0.15) is 94.3 Å². The lowest BCUT2D eigenvalue weighted by Gasteiger charge is -2.41. The molecule has 8 heteroatoms. The van der Waals surface area contributed by atoms with E-state index in [1.807, 2.05) is 0 Å². The van der Waals surface area contributed by atoms with Gasteiger partial charge in [0.1, 0.15) is 11.4 Å². The summed E-state index contributed by atoms with van der Waals surface area (Å²) in [4.78, 5) is 13.3. The second-order valence-electron chi connectivity index (χ2n) is 10.6. The van der Waals surface area contributed by atoms with Gasteiger partial charge in [0.05, 0.1) is 19.3 Å². The number of amides is 1. The van der Waals surface area contributed by atoms with Gasteiger partial charge in [0.15, 0.2) is 0 Å². The summed E-state index contributed by atoms with van der Waals surface area (Å²) in [5.74, 6) is 3.23. The first-order chi connectivity index (χ1) is 16.0. The van der Waals surface area contributed by atoms with Gasteiger partial charge in [-0.15, -0.1) is 0 Å². The van der Waals surface area contributed by atoms with Gasteiger partial charge in [-0.3, -0.25) is 4.79 Å². The lowest BCUT2D eigenvalue weighted by atomic mass is 9.66. The summed E-state index contributed by atoms with van der Waals surface area (Å²) in [5, 5.41) is 19.6. The molecule has 3 aliphatic rings. The van der Waals surface area contributed by atoms with Gasteiger partial charge in [-0.05, 0) is 62.7 Å². The molecule has 0 saturated heterocycles. The average molecular weight is 460 g/mol. The standard InChI is InChI=1S/C25H41N5O3/c1-17(21-13-19-8-5-9-20(12-19)14-21)28-24(31)22-15-27-30(11-10-23(26)29-32)25(22)33-16-18-6-3-2-4-7-18/h15,17-21,32H,2-14,16H2,1H3,(H2,26,29)(H,28,31). The van der Waals surface area contributed by atoms with Crippen LogP contribution in [-0.4, -0.2) is 39.4 Å². The highest BCUT2D eigenvalue weighted by Crippen LogP contribution is 2.43. The Balaban J connectivity index is 1.42. The van der Waals surface area contributed by atoms with Crippen molar-refractivity contribution < 1.29 is 14.7 Å². The number of carbonyl (C=O) groups excluding carboxylic acids is 1. The van der Waals surface area contributed by atoms with Gasteiger partial charge < -0.3 is 21.0 Å². The summed E-state index contributed by atoms with van der Waals surface area (Å²) < 4.78 is 7.89. The number of oxime groups is 1. The molecule has 0 aliphatic heterocycles. The molecule has 0 radical (unpaired) electrons. The molecule has 1 aromatic rings. The summed E-state index contributed by atoms with van der Waals surface area (Å²) in [5.41, 5.74) is 6.13. The number of rotatable bonds is 9. The fraction of sp³-hybridized carbons (Fsp3) is 0.800. The number of nitrogens with two attached hydrogens (primary N) is 1. The van der Waals surface area contributed by atoms with Crippen LogP contribution >= 0.6 is 0 Å². The molecule has 3 unspecified atom stereocenters. The molecule has 1 aromatic heterocycles. The Bertz CT molecular complexity index is 805. The Morgan fingerprint density at radius 2 is 1.94 bits per heavy atom. The molecule has 3 aliphatic carbocycles. The number of nitrogens with zero attached hydrogens (tertiary/aromatic N) is 3. The normalized spacial score (nSPS) is 27.2. The number of nitrogens with one attached hydrogen (secondary N) is 1. The van der Waals surface area contributed by atoms with Crippen molar-refractivity contribution in [3.05, 3.63) is 11.8 Å². The van der Waals surface area contributed by atoms with E-state index in [1.54, 1.807) is 10.9 Å².